The number of piperidine rings is 1. The Labute approximate surface area is 137 Å². The molecule has 0 aliphatic carbocycles. The molecule has 0 unspecified atom stereocenters. The predicted octanol–water partition coefficient (Wildman–Crippen LogP) is 3.63. The fraction of sp³-hybridized carbons (Fsp3) is 0.500. The number of hydrogen-bond acceptors (Lipinski definition) is 4. The number of azide groups is 1. The van der Waals surface area contributed by atoms with Gasteiger partial charge in [-0.05, 0) is 59.1 Å². The molecule has 1 saturated heterocycles. The molecule has 0 aromatic heterocycles. The maximum atomic E-state index is 12.2. The van der Waals surface area contributed by atoms with Crippen LogP contribution in [0.15, 0.2) is 23.3 Å². The number of carbonyl (C=O) groups is 1. The van der Waals surface area contributed by atoms with Crippen molar-refractivity contribution < 1.29 is 9.53 Å². The van der Waals surface area contributed by atoms with Crippen LogP contribution < -0.4 is 5.32 Å². The minimum Gasteiger partial charge on any atom is -0.469 e. The summed E-state index contributed by atoms with van der Waals surface area (Å²) in [6.45, 7) is 0.923. The van der Waals surface area contributed by atoms with E-state index >= 15 is 0 Å². The third-order valence-corrected chi connectivity index (χ3v) is 4.55. The van der Waals surface area contributed by atoms with E-state index in [9.17, 15) is 4.79 Å². The second-order valence-electron chi connectivity index (χ2n) is 4.96. The van der Waals surface area contributed by atoms with E-state index in [1.54, 1.807) is 6.07 Å². The Morgan fingerprint density at radius 3 is 2.95 bits per heavy atom. The number of esters is 1. The summed E-state index contributed by atoms with van der Waals surface area (Å²) >= 11 is 2.11. The Morgan fingerprint density at radius 1 is 1.57 bits per heavy atom. The first-order chi connectivity index (χ1) is 10.2. The topological polar surface area (TPSA) is 87.1 Å². The van der Waals surface area contributed by atoms with Gasteiger partial charge in [-0.3, -0.25) is 4.79 Å². The highest BCUT2D eigenvalue weighted by Gasteiger charge is 2.31. The highest BCUT2D eigenvalue weighted by atomic mass is 125. The molecule has 0 saturated carbocycles. The first-order valence-corrected chi connectivity index (χ1v) is 7.91. The second kappa shape index (κ2) is 7.63. The number of carbonyl (C=O) groups excluding carboxylic acids is 1. The number of methoxy groups -OCH3 is 1. The van der Waals surface area contributed by atoms with Crippen LogP contribution >= 0.6 is 22.6 Å². The van der Waals surface area contributed by atoms with E-state index in [1.807, 2.05) is 12.1 Å². The Kier molecular flexibility index (Phi) is 5.84. The summed E-state index contributed by atoms with van der Waals surface area (Å²) in [5.41, 5.74) is 9.99. The molecule has 1 aromatic rings. The Morgan fingerprint density at radius 2 is 2.38 bits per heavy atom. The lowest BCUT2D eigenvalue weighted by atomic mass is 9.86. The van der Waals surface area contributed by atoms with Crippen molar-refractivity contribution in [2.75, 3.05) is 13.7 Å². The van der Waals surface area contributed by atoms with Crippen molar-refractivity contribution in [2.45, 2.75) is 31.2 Å². The van der Waals surface area contributed by atoms with Gasteiger partial charge in [0.2, 0.25) is 0 Å². The monoisotopic (exact) mass is 398 g/mol. The quantitative estimate of drug-likeness (QED) is 0.276. The molecule has 0 spiro atoms. The molecule has 1 aromatic carbocycles. The second-order valence-corrected chi connectivity index (χ2v) is 6.12. The van der Waals surface area contributed by atoms with E-state index in [2.05, 4.69) is 37.9 Å². The first kappa shape index (κ1) is 16.1. The first-order valence-electron chi connectivity index (χ1n) is 6.83. The van der Waals surface area contributed by atoms with Crippen LogP contribution in [0.3, 0.4) is 0 Å². The van der Waals surface area contributed by atoms with Gasteiger partial charge in [0.1, 0.15) is 0 Å². The summed E-state index contributed by atoms with van der Waals surface area (Å²) in [4.78, 5) is 15.0. The Hall–Kier alpha value is -1.31. The van der Waals surface area contributed by atoms with Crippen LogP contribution in [0.4, 0.5) is 5.69 Å². The molecule has 0 amide bonds. The van der Waals surface area contributed by atoms with Crippen molar-refractivity contribution in [3.05, 3.63) is 37.8 Å². The maximum Gasteiger partial charge on any atom is 0.314 e. The summed E-state index contributed by atoms with van der Waals surface area (Å²) in [6, 6.07) is 5.56. The van der Waals surface area contributed by atoms with Crippen molar-refractivity contribution in [3.63, 3.8) is 0 Å². The summed E-state index contributed by atoms with van der Waals surface area (Å²) in [7, 11) is 1.41. The highest BCUT2D eigenvalue weighted by Crippen LogP contribution is 2.31. The van der Waals surface area contributed by atoms with Gasteiger partial charge in [-0.2, -0.15) is 0 Å². The van der Waals surface area contributed by atoms with Crippen molar-refractivity contribution >= 4 is 34.2 Å². The zero-order valence-electron chi connectivity index (χ0n) is 11.8. The zero-order valence-corrected chi connectivity index (χ0v) is 13.9. The molecule has 0 radical (unpaired) electrons. The zero-order chi connectivity index (χ0) is 15.2. The standard InChI is InChI=1S/C14H17IN4O2/c1-21-14(20)13(12-4-2-3-7-17-12)9-5-6-11(18-19-16)10(15)8-9/h5-6,8,12-13,17H,2-4,7H2,1H3/t12-,13-/m1/s1/i15-2. The Balaban J connectivity index is 2.34. The van der Waals surface area contributed by atoms with Gasteiger partial charge in [-0.1, -0.05) is 23.7 Å². The van der Waals surface area contributed by atoms with Crippen LogP contribution in [0.2, 0.25) is 0 Å². The number of nitrogens with zero attached hydrogens (tertiary/aromatic N) is 3. The molecule has 2 rings (SSSR count). The summed E-state index contributed by atoms with van der Waals surface area (Å²) < 4.78 is 5.80. The van der Waals surface area contributed by atoms with Gasteiger partial charge < -0.3 is 10.1 Å². The molecular formula is C14H17IN4O2. The van der Waals surface area contributed by atoms with Gasteiger partial charge in [0.15, 0.2) is 0 Å². The van der Waals surface area contributed by atoms with Gasteiger partial charge in [0, 0.05) is 14.5 Å². The maximum absolute atomic E-state index is 12.2. The summed E-state index contributed by atoms with van der Waals surface area (Å²) in [5.74, 6) is -0.564. The molecule has 21 heavy (non-hydrogen) atoms. The van der Waals surface area contributed by atoms with Gasteiger partial charge in [-0.25, -0.2) is 0 Å². The smallest absolute Gasteiger partial charge is 0.314 e. The lowest BCUT2D eigenvalue weighted by Gasteiger charge is -2.30. The average Bonchev–Trinajstić information content (AvgIpc) is 2.51. The minimum atomic E-state index is -0.330. The van der Waals surface area contributed by atoms with Crippen molar-refractivity contribution in [2.24, 2.45) is 5.11 Å². The molecule has 6 nitrogen and oxygen atoms in total. The molecule has 112 valence electrons. The fourth-order valence-corrected chi connectivity index (χ4v) is 3.32. The lowest BCUT2D eigenvalue weighted by molar-refractivity contribution is -0.143. The SMILES string of the molecule is COC(=O)[C@H](c1ccc(N=[N+]=[N-])c([125I])c1)[C@H]1CCCCN1. The van der Waals surface area contributed by atoms with Gasteiger partial charge in [0.25, 0.3) is 0 Å². The molecule has 1 aliphatic rings. The van der Waals surface area contributed by atoms with Crippen LogP contribution in [0.5, 0.6) is 0 Å². The highest BCUT2D eigenvalue weighted by molar-refractivity contribution is 14.1. The summed E-state index contributed by atoms with van der Waals surface area (Å²) in [5, 5.41) is 7.03. The minimum absolute atomic E-state index is 0.0901. The third-order valence-electron chi connectivity index (χ3n) is 3.69. The van der Waals surface area contributed by atoms with E-state index in [0.717, 1.165) is 34.9 Å². The van der Waals surface area contributed by atoms with E-state index in [-0.39, 0.29) is 17.9 Å². The van der Waals surface area contributed by atoms with Crippen molar-refractivity contribution in [3.8, 4) is 0 Å². The van der Waals surface area contributed by atoms with Crippen LogP contribution in [0, 0.1) is 3.57 Å². The van der Waals surface area contributed by atoms with E-state index < -0.39 is 0 Å². The summed E-state index contributed by atoms with van der Waals surface area (Å²) in [6.07, 6.45) is 3.20. The fourth-order valence-electron chi connectivity index (χ4n) is 2.67. The Bertz CT molecular complexity index is 566. The van der Waals surface area contributed by atoms with Crippen LogP contribution in [-0.2, 0) is 9.53 Å². The number of rotatable bonds is 4. The van der Waals surface area contributed by atoms with Crippen molar-refractivity contribution in [1.82, 2.24) is 5.32 Å². The molecule has 0 bridgehead atoms. The van der Waals surface area contributed by atoms with E-state index in [1.165, 1.54) is 7.11 Å². The average molecular weight is 398 g/mol. The third kappa shape index (κ3) is 3.87. The molecule has 7 heteroatoms. The normalized spacial score (nSPS) is 19.4. The largest absolute Gasteiger partial charge is 0.469 e. The number of hydrogen-bond donors (Lipinski definition) is 1. The molecular weight excluding hydrogens is 381 g/mol. The number of halogens is 1. The van der Waals surface area contributed by atoms with Crippen LogP contribution in [0.25, 0.3) is 10.4 Å². The predicted molar refractivity (Wildman–Crippen MR) is 88.4 cm³/mol. The molecule has 1 aliphatic heterocycles. The van der Waals surface area contributed by atoms with E-state index in [0.29, 0.717) is 5.69 Å². The van der Waals surface area contributed by atoms with Gasteiger partial charge in [-0.15, -0.1) is 0 Å². The van der Waals surface area contributed by atoms with Gasteiger partial charge >= 0.3 is 5.97 Å². The van der Waals surface area contributed by atoms with E-state index in [4.69, 9.17) is 10.3 Å². The number of benzene rings is 1. The van der Waals surface area contributed by atoms with Gasteiger partial charge in [0.05, 0.1) is 18.7 Å². The number of ether oxygens (including phenoxy) is 1. The molecule has 1 fully saturated rings. The lowest BCUT2D eigenvalue weighted by Crippen LogP contribution is -2.42. The van der Waals surface area contributed by atoms with Crippen LogP contribution in [0.1, 0.15) is 30.7 Å². The molecule has 1 heterocycles. The number of nitrogens with one attached hydrogen (secondary N) is 1. The van der Waals surface area contributed by atoms with Crippen LogP contribution in [-0.4, -0.2) is 25.7 Å². The van der Waals surface area contributed by atoms with Crippen molar-refractivity contribution in [1.29, 1.82) is 0 Å². The molecule has 1 N–H and O–H groups in total. The molecule has 2 atom stereocenters.